The number of halogens is 3. The molecule has 1 aliphatic rings. The molecule has 0 amide bonds. The third-order valence-corrected chi connectivity index (χ3v) is 3.97. The van der Waals surface area contributed by atoms with Crippen molar-refractivity contribution in [3.05, 3.63) is 29.8 Å². The average Bonchev–Trinajstić information content (AvgIpc) is 2.67. The van der Waals surface area contributed by atoms with Crippen LogP contribution >= 0.6 is 12.2 Å². The third kappa shape index (κ3) is 4.59. The van der Waals surface area contributed by atoms with E-state index >= 15 is 0 Å². The molecule has 1 fully saturated rings. The molecule has 1 unspecified atom stereocenters. The zero-order valence-corrected chi connectivity index (χ0v) is 12.9. The predicted octanol–water partition coefficient (Wildman–Crippen LogP) is 4.57. The van der Waals surface area contributed by atoms with Crippen molar-refractivity contribution in [2.24, 2.45) is 5.41 Å². The Morgan fingerprint density at radius 3 is 2.62 bits per heavy atom. The lowest BCUT2D eigenvalue weighted by Crippen LogP contribution is -2.36. The van der Waals surface area contributed by atoms with Gasteiger partial charge >= 0.3 is 6.18 Å². The molecular weight excluding hydrogens is 297 g/mol. The van der Waals surface area contributed by atoms with Crippen molar-refractivity contribution in [3.63, 3.8) is 0 Å². The van der Waals surface area contributed by atoms with E-state index in [2.05, 4.69) is 24.5 Å². The minimum Gasteiger partial charge on any atom is -0.360 e. The third-order valence-electron chi connectivity index (χ3n) is 3.75. The van der Waals surface area contributed by atoms with Crippen LogP contribution in [0.25, 0.3) is 0 Å². The number of hydrogen-bond acceptors (Lipinski definition) is 1. The summed E-state index contributed by atoms with van der Waals surface area (Å²) in [5.74, 6) is 0. The van der Waals surface area contributed by atoms with Crippen molar-refractivity contribution in [1.29, 1.82) is 0 Å². The van der Waals surface area contributed by atoms with Crippen LogP contribution in [0.5, 0.6) is 0 Å². The molecule has 2 N–H and O–H groups in total. The van der Waals surface area contributed by atoms with Gasteiger partial charge < -0.3 is 10.6 Å². The Bertz CT molecular complexity index is 526. The summed E-state index contributed by atoms with van der Waals surface area (Å²) in [6.45, 7) is 4.41. The maximum Gasteiger partial charge on any atom is 0.416 e. The fourth-order valence-electron chi connectivity index (χ4n) is 2.69. The monoisotopic (exact) mass is 316 g/mol. The number of nitrogens with one attached hydrogen (secondary N) is 2. The first-order valence-corrected chi connectivity index (χ1v) is 7.31. The van der Waals surface area contributed by atoms with Crippen LogP contribution in [0.1, 0.15) is 38.7 Å². The summed E-state index contributed by atoms with van der Waals surface area (Å²) in [7, 11) is 0. The molecule has 0 radical (unpaired) electrons. The van der Waals surface area contributed by atoms with Gasteiger partial charge in [-0.05, 0) is 55.1 Å². The van der Waals surface area contributed by atoms with Gasteiger partial charge in [0, 0.05) is 11.7 Å². The van der Waals surface area contributed by atoms with E-state index in [9.17, 15) is 13.2 Å². The van der Waals surface area contributed by atoms with Gasteiger partial charge in [-0.15, -0.1) is 0 Å². The minimum atomic E-state index is -4.35. The van der Waals surface area contributed by atoms with Gasteiger partial charge in [-0.25, -0.2) is 0 Å². The van der Waals surface area contributed by atoms with Gasteiger partial charge in [0.25, 0.3) is 0 Å². The highest BCUT2D eigenvalue weighted by Gasteiger charge is 2.32. The predicted molar refractivity (Wildman–Crippen MR) is 82.2 cm³/mol. The zero-order valence-electron chi connectivity index (χ0n) is 12.1. The lowest BCUT2D eigenvalue weighted by molar-refractivity contribution is -0.137. The fraction of sp³-hybridized carbons (Fsp3) is 0.533. The Morgan fingerprint density at radius 2 is 2.05 bits per heavy atom. The highest BCUT2D eigenvalue weighted by atomic mass is 32.1. The number of anilines is 1. The van der Waals surface area contributed by atoms with Crippen molar-refractivity contribution in [1.82, 2.24) is 5.32 Å². The Morgan fingerprint density at radius 1 is 1.33 bits per heavy atom. The van der Waals surface area contributed by atoms with Crippen LogP contribution in [0.4, 0.5) is 18.9 Å². The van der Waals surface area contributed by atoms with Gasteiger partial charge in [0.1, 0.15) is 0 Å². The molecule has 1 atom stereocenters. The highest BCUT2D eigenvalue weighted by Crippen LogP contribution is 2.37. The van der Waals surface area contributed by atoms with Gasteiger partial charge in [-0.3, -0.25) is 0 Å². The second-order valence-electron chi connectivity index (χ2n) is 6.28. The SMILES string of the molecule is CC1(C)CCC(NC(=S)Nc2cccc(C(F)(F)F)c2)C1. The molecule has 0 aliphatic heterocycles. The second-order valence-corrected chi connectivity index (χ2v) is 6.69. The first kappa shape index (κ1) is 16.1. The number of rotatable bonds is 2. The van der Waals surface area contributed by atoms with E-state index in [0.717, 1.165) is 31.4 Å². The normalized spacial score (nSPS) is 21.1. The zero-order chi connectivity index (χ0) is 15.7. The van der Waals surface area contributed by atoms with Gasteiger partial charge in [0.05, 0.1) is 5.56 Å². The average molecular weight is 316 g/mol. The smallest absolute Gasteiger partial charge is 0.360 e. The molecule has 0 spiro atoms. The maximum atomic E-state index is 12.6. The number of hydrogen-bond donors (Lipinski definition) is 2. The number of thiocarbonyl (C=S) groups is 1. The maximum absolute atomic E-state index is 12.6. The summed E-state index contributed by atoms with van der Waals surface area (Å²) in [5, 5.41) is 6.38. The largest absolute Gasteiger partial charge is 0.416 e. The standard InChI is InChI=1S/C15H19F3N2S/c1-14(2)7-6-12(9-14)20-13(21)19-11-5-3-4-10(8-11)15(16,17)18/h3-5,8,12H,6-7,9H2,1-2H3,(H2,19,20,21). The van der Waals surface area contributed by atoms with Gasteiger partial charge in [0.15, 0.2) is 5.11 Å². The molecule has 2 rings (SSSR count). The molecule has 21 heavy (non-hydrogen) atoms. The van der Waals surface area contributed by atoms with Crippen molar-refractivity contribution < 1.29 is 13.2 Å². The molecule has 2 nitrogen and oxygen atoms in total. The lowest BCUT2D eigenvalue weighted by atomic mass is 9.92. The molecule has 116 valence electrons. The quantitative estimate of drug-likeness (QED) is 0.782. The Hall–Kier alpha value is -1.30. The summed E-state index contributed by atoms with van der Waals surface area (Å²) < 4.78 is 37.9. The topological polar surface area (TPSA) is 24.1 Å². The molecule has 1 aromatic carbocycles. The number of alkyl halides is 3. The molecule has 0 saturated heterocycles. The first-order valence-electron chi connectivity index (χ1n) is 6.90. The molecule has 1 aromatic rings. The minimum absolute atomic E-state index is 0.283. The second kappa shape index (κ2) is 5.83. The van der Waals surface area contributed by atoms with E-state index in [0.29, 0.717) is 16.2 Å². The van der Waals surface area contributed by atoms with E-state index in [4.69, 9.17) is 12.2 Å². The van der Waals surface area contributed by atoms with E-state index in [1.54, 1.807) is 6.07 Å². The Labute approximate surface area is 128 Å². The van der Waals surface area contributed by atoms with Gasteiger partial charge in [-0.1, -0.05) is 19.9 Å². The van der Waals surface area contributed by atoms with Crippen LogP contribution < -0.4 is 10.6 Å². The van der Waals surface area contributed by atoms with Gasteiger partial charge in [0.2, 0.25) is 0 Å². The van der Waals surface area contributed by atoms with Crippen LogP contribution in [0, 0.1) is 5.41 Å². The van der Waals surface area contributed by atoms with Crippen LogP contribution in [0.3, 0.4) is 0 Å². The molecule has 0 aromatic heterocycles. The summed E-state index contributed by atoms with van der Waals surface area (Å²) in [6.07, 6.45) is -1.19. The molecular formula is C15H19F3N2S. The summed E-state index contributed by atoms with van der Waals surface area (Å²) >= 11 is 5.18. The van der Waals surface area contributed by atoms with Crippen molar-refractivity contribution >= 4 is 23.0 Å². The molecule has 1 saturated carbocycles. The molecule has 0 heterocycles. The summed E-state index contributed by atoms with van der Waals surface area (Å²) in [4.78, 5) is 0. The van der Waals surface area contributed by atoms with Crippen molar-refractivity contribution in [3.8, 4) is 0 Å². The highest BCUT2D eigenvalue weighted by molar-refractivity contribution is 7.80. The molecule has 6 heteroatoms. The Kier molecular flexibility index (Phi) is 4.46. The molecule has 1 aliphatic carbocycles. The first-order chi connectivity index (χ1) is 9.66. The van der Waals surface area contributed by atoms with E-state index < -0.39 is 11.7 Å². The van der Waals surface area contributed by atoms with Crippen LogP contribution in [-0.4, -0.2) is 11.2 Å². The fourth-order valence-corrected chi connectivity index (χ4v) is 2.97. The van der Waals surface area contributed by atoms with Crippen LogP contribution in [0.2, 0.25) is 0 Å². The number of benzene rings is 1. The van der Waals surface area contributed by atoms with E-state index in [1.165, 1.54) is 6.07 Å². The Balaban J connectivity index is 1.94. The van der Waals surface area contributed by atoms with Crippen molar-refractivity contribution in [2.45, 2.75) is 45.3 Å². The lowest BCUT2D eigenvalue weighted by Gasteiger charge is -2.19. The summed E-state index contributed by atoms with van der Waals surface area (Å²) in [5.41, 5.74) is -0.0411. The van der Waals surface area contributed by atoms with Gasteiger partial charge in [-0.2, -0.15) is 13.2 Å². The van der Waals surface area contributed by atoms with E-state index in [-0.39, 0.29) is 6.04 Å². The van der Waals surface area contributed by atoms with E-state index in [1.807, 2.05) is 0 Å². The van der Waals surface area contributed by atoms with Crippen LogP contribution in [-0.2, 0) is 6.18 Å². The van der Waals surface area contributed by atoms with Crippen molar-refractivity contribution in [2.75, 3.05) is 5.32 Å². The van der Waals surface area contributed by atoms with Crippen LogP contribution in [0.15, 0.2) is 24.3 Å². The molecule has 0 bridgehead atoms. The summed E-state index contributed by atoms with van der Waals surface area (Å²) in [6, 6.07) is 5.33.